The zero-order valence-corrected chi connectivity index (χ0v) is 23.9. The summed E-state index contributed by atoms with van der Waals surface area (Å²) < 4.78 is 0. The van der Waals surface area contributed by atoms with E-state index in [1.54, 1.807) is 48.5 Å². The Morgan fingerprint density at radius 1 is 0.614 bits per heavy atom. The highest BCUT2D eigenvalue weighted by atomic mass is 35.5. The minimum atomic E-state index is -1.37. The summed E-state index contributed by atoms with van der Waals surface area (Å²) in [5, 5.41) is 40.8. The van der Waals surface area contributed by atoms with Crippen molar-refractivity contribution >= 4 is 41.0 Å². The number of halogens is 1. The molecule has 0 aromatic heterocycles. The lowest BCUT2D eigenvalue weighted by Gasteiger charge is -2.15. The Morgan fingerprint density at radius 3 is 1.45 bits per heavy atom. The van der Waals surface area contributed by atoms with Crippen molar-refractivity contribution in [2.45, 2.75) is 12.1 Å². The van der Waals surface area contributed by atoms with Crippen LogP contribution in [0.5, 0.6) is 0 Å². The smallest absolute Gasteiger partial charge is 0.328 e. The summed E-state index contributed by atoms with van der Waals surface area (Å²) in [7, 11) is 0. The standard InChI is InChI=1S/C16H14ClNO4.C16H16N2O4/c2*17-12-8-4-7-11(14(12)10-5-2-1-3-6-10)15(20)18-13(9-19)16(21)22/h1-8,13,19H,9H2,(H,18,20)(H,21,22);1-8,13,19H,9,17H2,(H,18,20)(H,21,22)/t2*13-/m00/s1. The van der Waals surface area contributed by atoms with E-state index in [0.717, 1.165) is 11.1 Å². The average Bonchev–Trinajstić information content (AvgIpc) is 3.02. The molecule has 12 heteroatoms. The first-order chi connectivity index (χ1) is 21.1. The van der Waals surface area contributed by atoms with Gasteiger partial charge in [0.05, 0.1) is 13.2 Å². The van der Waals surface area contributed by atoms with E-state index in [2.05, 4.69) is 10.6 Å². The van der Waals surface area contributed by atoms with Gasteiger partial charge in [0.15, 0.2) is 12.1 Å². The first-order valence-corrected chi connectivity index (χ1v) is 13.5. The third kappa shape index (κ3) is 8.42. The number of benzene rings is 4. The highest BCUT2D eigenvalue weighted by molar-refractivity contribution is 6.34. The molecule has 4 aromatic carbocycles. The molecular formula is C32H30ClN3O8. The Balaban J connectivity index is 0.000000240. The third-order valence-electron chi connectivity index (χ3n) is 6.30. The summed E-state index contributed by atoms with van der Waals surface area (Å²) in [4.78, 5) is 46.5. The lowest BCUT2D eigenvalue weighted by Crippen LogP contribution is -2.43. The zero-order valence-electron chi connectivity index (χ0n) is 23.2. The molecule has 0 aliphatic heterocycles. The second kappa shape index (κ2) is 15.8. The van der Waals surface area contributed by atoms with Crippen LogP contribution in [-0.2, 0) is 9.59 Å². The van der Waals surface area contributed by atoms with E-state index in [0.29, 0.717) is 21.8 Å². The van der Waals surface area contributed by atoms with Gasteiger partial charge in [-0.15, -0.1) is 0 Å². The van der Waals surface area contributed by atoms with Crippen molar-refractivity contribution in [3.05, 3.63) is 113 Å². The summed E-state index contributed by atoms with van der Waals surface area (Å²) in [6, 6.07) is 25.1. The van der Waals surface area contributed by atoms with Crippen molar-refractivity contribution in [2.75, 3.05) is 18.9 Å². The number of aliphatic hydroxyl groups excluding tert-OH is 2. The number of carboxylic acids is 2. The summed E-state index contributed by atoms with van der Waals surface area (Å²) in [6.45, 7) is -1.38. The van der Waals surface area contributed by atoms with Gasteiger partial charge in [0.25, 0.3) is 11.8 Å². The van der Waals surface area contributed by atoms with E-state index in [-0.39, 0.29) is 11.1 Å². The van der Waals surface area contributed by atoms with Crippen molar-refractivity contribution in [3.63, 3.8) is 0 Å². The van der Waals surface area contributed by atoms with E-state index < -0.39 is 49.1 Å². The van der Waals surface area contributed by atoms with E-state index in [4.69, 9.17) is 37.8 Å². The topological polar surface area (TPSA) is 199 Å². The van der Waals surface area contributed by atoms with Crippen LogP contribution in [0.4, 0.5) is 5.69 Å². The van der Waals surface area contributed by atoms with Crippen LogP contribution in [0.25, 0.3) is 22.3 Å². The molecule has 228 valence electrons. The molecule has 4 rings (SSSR count). The first kappa shape index (κ1) is 33.3. The fourth-order valence-corrected chi connectivity index (χ4v) is 4.42. The van der Waals surface area contributed by atoms with Gasteiger partial charge in [0.1, 0.15) is 0 Å². The third-order valence-corrected chi connectivity index (χ3v) is 6.61. The van der Waals surface area contributed by atoms with Crippen LogP contribution in [0.3, 0.4) is 0 Å². The van der Waals surface area contributed by atoms with Crippen molar-refractivity contribution in [2.24, 2.45) is 0 Å². The average molecular weight is 620 g/mol. The molecule has 0 saturated heterocycles. The summed E-state index contributed by atoms with van der Waals surface area (Å²) in [6.07, 6.45) is 0. The van der Waals surface area contributed by atoms with Crippen molar-refractivity contribution in [1.29, 1.82) is 0 Å². The SMILES string of the molecule is Nc1cccc(C(=O)N[C@@H](CO)C(=O)O)c1-c1ccccc1.O=C(N[C@@H](CO)C(=O)O)c1cccc(Cl)c1-c1ccccc1. The Labute approximate surface area is 257 Å². The van der Waals surface area contributed by atoms with Crippen LogP contribution in [0.15, 0.2) is 97.1 Å². The minimum Gasteiger partial charge on any atom is -0.480 e. The molecule has 8 N–H and O–H groups in total. The minimum absolute atomic E-state index is 0.249. The number of nitrogen functional groups attached to an aromatic ring is 1. The number of carbonyl (C=O) groups excluding carboxylic acids is 2. The molecule has 0 spiro atoms. The molecule has 0 radical (unpaired) electrons. The van der Waals surface area contributed by atoms with Gasteiger partial charge in [-0.1, -0.05) is 84.4 Å². The van der Waals surface area contributed by atoms with Gasteiger partial charge in [0, 0.05) is 33.0 Å². The predicted octanol–water partition coefficient (Wildman–Crippen LogP) is 3.29. The fourth-order valence-electron chi connectivity index (χ4n) is 4.14. The molecule has 0 aliphatic carbocycles. The van der Waals surface area contributed by atoms with E-state index in [9.17, 15) is 19.2 Å². The van der Waals surface area contributed by atoms with Crippen molar-refractivity contribution in [1.82, 2.24) is 10.6 Å². The second-order valence-corrected chi connectivity index (χ2v) is 9.67. The molecule has 44 heavy (non-hydrogen) atoms. The lowest BCUT2D eigenvalue weighted by atomic mass is 9.97. The molecule has 2 amide bonds. The van der Waals surface area contributed by atoms with E-state index in [1.165, 1.54) is 0 Å². The zero-order chi connectivity index (χ0) is 32.2. The van der Waals surface area contributed by atoms with Gasteiger partial charge in [-0.25, -0.2) is 9.59 Å². The molecule has 0 bridgehead atoms. The van der Waals surface area contributed by atoms with Crippen LogP contribution in [0.1, 0.15) is 20.7 Å². The number of rotatable bonds is 10. The molecule has 11 nitrogen and oxygen atoms in total. The molecule has 0 aliphatic rings. The van der Waals surface area contributed by atoms with Crippen LogP contribution in [0.2, 0.25) is 5.02 Å². The number of amides is 2. The number of nitrogens with two attached hydrogens (primary N) is 1. The molecule has 4 aromatic rings. The van der Waals surface area contributed by atoms with Crippen molar-refractivity contribution in [3.8, 4) is 22.3 Å². The first-order valence-electron chi connectivity index (χ1n) is 13.2. The molecular weight excluding hydrogens is 590 g/mol. The van der Waals surface area contributed by atoms with Crippen LogP contribution in [0, 0.1) is 0 Å². The predicted molar refractivity (Wildman–Crippen MR) is 165 cm³/mol. The summed E-state index contributed by atoms with van der Waals surface area (Å²) in [5.74, 6) is -3.82. The Bertz CT molecular complexity index is 1500. The Kier molecular flexibility index (Phi) is 12.0. The van der Waals surface area contributed by atoms with Gasteiger partial charge in [0.2, 0.25) is 0 Å². The van der Waals surface area contributed by atoms with Gasteiger partial charge in [-0.05, 0) is 35.4 Å². The van der Waals surface area contributed by atoms with Gasteiger partial charge in [-0.2, -0.15) is 0 Å². The fraction of sp³-hybridized carbons (Fsp3) is 0.125. The van der Waals surface area contributed by atoms with Gasteiger partial charge in [-0.3, -0.25) is 9.59 Å². The van der Waals surface area contributed by atoms with Crippen LogP contribution in [-0.4, -0.2) is 69.5 Å². The Morgan fingerprint density at radius 2 is 1.02 bits per heavy atom. The number of carbonyl (C=O) groups is 4. The number of hydrogen-bond donors (Lipinski definition) is 7. The summed E-state index contributed by atoms with van der Waals surface area (Å²) >= 11 is 6.20. The molecule has 0 heterocycles. The number of anilines is 1. The second-order valence-electron chi connectivity index (χ2n) is 9.26. The normalized spacial score (nSPS) is 11.7. The number of aliphatic hydroxyl groups is 2. The number of aliphatic carboxylic acids is 2. The summed E-state index contributed by atoms with van der Waals surface area (Å²) in [5.41, 5.74) is 9.43. The highest BCUT2D eigenvalue weighted by Gasteiger charge is 2.23. The quantitative estimate of drug-likeness (QED) is 0.130. The van der Waals surface area contributed by atoms with Gasteiger partial charge < -0.3 is 36.8 Å². The molecule has 0 unspecified atom stereocenters. The number of carboxylic acid groups (broad SMARTS) is 2. The maximum atomic E-state index is 12.3. The van der Waals surface area contributed by atoms with Crippen LogP contribution >= 0.6 is 11.6 Å². The molecule has 0 fully saturated rings. The number of nitrogens with one attached hydrogen (secondary N) is 2. The van der Waals surface area contributed by atoms with E-state index in [1.807, 2.05) is 48.5 Å². The largest absolute Gasteiger partial charge is 0.480 e. The molecule has 2 atom stereocenters. The van der Waals surface area contributed by atoms with Gasteiger partial charge >= 0.3 is 11.9 Å². The molecule has 0 saturated carbocycles. The maximum Gasteiger partial charge on any atom is 0.328 e. The number of hydrogen-bond acceptors (Lipinski definition) is 7. The monoisotopic (exact) mass is 619 g/mol. The highest BCUT2D eigenvalue weighted by Crippen LogP contribution is 2.32. The lowest BCUT2D eigenvalue weighted by molar-refractivity contribution is -0.141. The van der Waals surface area contributed by atoms with Crippen molar-refractivity contribution < 1.29 is 39.6 Å². The Hall–Kier alpha value is -5.23. The maximum absolute atomic E-state index is 12.3. The van der Waals surface area contributed by atoms with E-state index >= 15 is 0 Å². The van der Waals surface area contributed by atoms with Crippen LogP contribution < -0.4 is 16.4 Å².